The second-order valence-corrected chi connectivity index (χ2v) is 5.77. The highest BCUT2D eigenvalue weighted by atomic mass is 16.6. The molecule has 3 aromatic rings. The van der Waals surface area contributed by atoms with Gasteiger partial charge in [-0.1, -0.05) is 42.5 Å². The van der Waals surface area contributed by atoms with Crippen molar-refractivity contribution in [2.45, 2.75) is 6.10 Å². The van der Waals surface area contributed by atoms with Crippen LogP contribution in [-0.4, -0.2) is 18.0 Å². The molecule has 1 atom stereocenters. The molecule has 0 aromatic heterocycles. The molecule has 3 rings (SSSR count). The Morgan fingerprint density at radius 1 is 0.889 bits per heavy atom. The maximum Gasteiger partial charge on any atom is 0.339 e. The zero-order valence-corrected chi connectivity index (χ0v) is 14.6. The third kappa shape index (κ3) is 4.30. The normalized spacial score (nSPS) is 11.4. The highest BCUT2D eigenvalue weighted by Gasteiger charge is 2.20. The van der Waals surface area contributed by atoms with E-state index in [0.717, 1.165) is 11.1 Å². The number of hydrogen-bond acceptors (Lipinski definition) is 5. The Hall–Kier alpha value is -3.67. The molecule has 27 heavy (non-hydrogen) atoms. The van der Waals surface area contributed by atoms with E-state index in [4.69, 9.17) is 9.47 Å². The van der Waals surface area contributed by atoms with Crippen molar-refractivity contribution >= 4 is 11.7 Å². The standard InChI is InChI=1S/C21H17NO5/c1-26-19-13-9-16(10-14-19)20(15-5-3-2-4-6-15)27-21(23)17-7-11-18(12-8-17)22(24)25/h2-14,20H,1H3/t20-/m0/s1. The average molecular weight is 363 g/mol. The van der Waals surface area contributed by atoms with Crippen molar-refractivity contribution in [1.82, 2.24) is 0 Å². The van der Waals surface area contributed by atoms with E-state index >= 15 is 0 Å². The van der Waals surface area contributed by atoms with Gasteiger partial charge in [0.15, 0.2) is 6.10 Å². The van der Waals surface area contributed by atoms with Crippen molar-refractivity contribution in [2.24, 2.45) is 0 Å². The predicted molar refractivity (Wildman–Crippen MR) is 99.8 cm³/mol. The summed E-state index contributed by atoms with van der Waals surface area (Å²) in [6.07, 6.45) is -0.611. The van der Waals surface area contributed by atoms with Crippen molar-refractivity contribution in [2.75, 3.05) is 7.11 Å². The lowest BCUT2D eigenvalue weighted by atomic mass is 10.0. The van der Waals surface area contributed by atoms with E-state index < -0.39 is 17.0 Å². The van der Waals surface area contributed by atoms with E-state index in [2.05, 4.69) is 0 Å². The maximum atomic E-state index is 12.6. The van der Waals surface area contributed by atoms with Gasteiger partial charge in [-0.2, -0.15) is 0 Å². The Morgan fingerprint density at radius 3 is 2.04 bits per heavy atom. The van der Waals surface area contributed by atoms with Gasteiger partial charge in [0.1, 0.15) is 5.75 Å². The van der Waals surface area contributed by atoms with Crippen molar-refractivity contribution in [3.05, 3.63) is 106 Å². The highest BCUT2D eigenvalue weighted by Crippen LogP contribution is 2.28. The van der Waals surface area contributed by atoms with Crippen LogP contribution in [0.3, 0.4) is 0 Å². The predicted octanol–water partition coefficient (Wildman–Crippen LogP) is 4.55. The lowest BCUT2D eigenvalue weighted by Crippen LogP contribution is -2.13. The molecule has 3 aromatic carbocycles. The summed E-state index contributed by atoms with van der Waals surface area (Å²) in [6, 6.07) is 21.9. The topological polar surface area (TPSA) is 78.7 Å². The van der Waals surface area contributed by atoms with Crippen molar-refractivity contribution in [1.29, 1.82) is 0 Å². The van der Waals surface area contributed by atoms with E-state index in [9.17, 15) is 14.9 Å². The number of esters is 1. The van der Waals surface area contributed by atoms with Crippen LogP contribution in [0.1, 0.15) is 27.6 Å². The Bertz CT molecular complexity index is 921. The van der Waals surface area contributed by atoms with Crippen LogP contribution in [0.2, 0.25) is 0 Å². The molecule has 0 unspecified atom stereocenters. The molecule has 0 fully saturated rings. The van der Waals surface area contributed by atoms with Gasteiger partial charge >= 0.3 is 5.97 Å². The summed E-state index contributed by atoms with van der Waals surface area (Å²) < 4.78 is 10.9. The minimum atomic E-state index is -0.611. The van der Waals surface area contributed by atoms with Gasteiger partial charge < -0.3 is 9.47 Å². The van der Waals surface area contributed by atoms with Gasteiger partial charge in [0.25, 0.3) is 5.69 Å². The van der Waals surface area contributed by atoms with Crippen LogP contribution >= 0.6 is 0 Å². The van der Waals surface area contributed by atoms with Gasteiger partial charge in [-0.05, 0) is 35.4 Å². The van der Waals surface area contributed by atoms with Crippen LogP contribution in [0.4, 0.5) is 5.69 Å². The molecule has 0 saturated carbocycles. The summed E-state index contributed by atoms with van der Waals surface area (Å²) in [6.45, 7) is 0. The van der Waals surface area contributed by atoms with Crippen LogP contribution in [0.15, 0.2) is 78.9 Å². The number of benzene rings is 3. The molecule has 0 bridgehead atoms. The zero-order chi connectivity index (χ0) is 19.2. The summed E-state index contributed by atoms with van der Waals surface area (Å²) in [5.41, 5.74) is 1.77. The first-order valence-electron chi connectivity index (χ1n) is 8.23. The molecule has 0 aliphatic carbocycles. The van der Waals surface area contributed by atoms with E-state index in [1.807, 2.05) is 42.5 Å². The minimum absolute atomic E-state index is 0.0821. The van der Waals surface area contributed by atoms with Crippen molar-refractivity contribution in [3.63, 3.8) is 0 Å². The Labute approximate surface area is 156 Å². The van der Waals surface area contributed by atoms with Gasteiger partial charge in [0.05, 0.1) is 17.6 Å². The smallest absolute Gasteiger partial charge is 0.339 e. The van der Waals surface area contributed by atoms with Crippen LogP contribution < -0.4 is 4.74 Å². The molecular weight excluding hydrogens is 346 g/mol. The molecule has 0 saturated heterocycles. The fourth-order valence-electron chi connectivity index (χ4n) is 2.63. The molecular formula is C21H17NO5. The summed E-state index contributed by atoms with van der Waals surface area (Å²) in [5, 5.41) is 10.8. The molecule has 0 aliphatic heterocycles. The Morgan fingerprint density at radius 2 is 1.48 bits per heavy atom. The zero-order valence-electron chi connectivity index (χ0n) is 14.6. The summed E-state index contributed by atoms with van der Waals surface area (Å²) in [5.74, 6) is 0.141. The molecule has 0 N–H and O–H groups in total. The molecule has 136 valence electrons. The molecule has 0 amide bonds. The van der Waals surface area contributed by atoms with Crippen molar-refractivity contribution in [3.8, 4) is 5.75 Å². The first kappa shape index (κ1) is 18.1. The van der Waals surface area contributed by atoms with Crippen LogP contribution in [0.5, 0.6) is 5.75 Å². The fraction of sp³-hybridized carbons (Fsp3) is 0.0952. The van der Waals surface area contributed by atoms with Crippen LogP contribution in [0, 0.1) is 10.1 Å². The third-order valence-corrected chi connectivity index (χ3v) is 4.06. The Kier molecular flexibility index (Phi) is 5.47. The van der Waals surface area contributed by atoms with E-state index in [1.54, 1.807) is 19.2 Å². The van der Waals surface area contributed by atoms with Gasteiger partial charge in [-0.15, -0.1) is 0 Å². The second kappa shape index (κ2) is 8.14. The Balaban J connectivity index is 1.88. The quantitative estimate of drug-likeness (QED) is 0.365. The van der Waals surface area contributed by atoms with E-state index in [-0.39, 0.29) is 11.3 Å². The summed E-state index contributed by atoms with van der Waals surface area (Å²) in [7, 11) is 1.58. The lowest BCUT2D eigenvalue weighted by molar-refractivity contribution is -0.384. The number of nitro benzene ring substituents is 1. The first-order chi connectivity index (χ1) is 13.1. The lowest BCUT2D eigenvalue weighted by Gasteiger charge is -2.19. The summed E-state index contributed by atoms with van der Waals surface area (Å²) in [4.78, 5) is 22.8. The number of nitrogens with zero attached hydrogens (tertiary/aromatic N) is 1. The number of carbonyl (C=O) groups is 1. The molecule has 0 heterocycles. The molecule has 6 nitrogen and oxygen atoms in total. The minimum Gasteiger partial charge on any atom is -0.497 e. The fourth-order valence-corrected chi connectivity index (χ4v) is 2.63. The first-order valence-corrected chi connectivity index (χ1v) is 8.23. The molecule has 0 aliphatic rings. The second-order valence-electron chi connectivity index (χ2n) is 5.77. The van der Waals surface area contributed by atoms with Crippen molar-refractivity contribution < 1.29 is 19.2 Å². The number of ether oxygens (including phenoxy) is 2. The number of rotatable bonds is 6. The van der Waals surface area contributed by atoms with Gasteiger partial charge in [0.2, 0.25) is 0 Å². The van der Waals surface area contributed by atoms with E-state index in [1.165, 1.54) is 24.3 Å². The third-order valence-electron chi connectivity index (χ3n) is 4.06. The molecule has 0 spiro atoms. The van der Waals surface area contributed by atoms with Crippen LogP contribution in [-0.2, 0) is 4.74 Å². The number of carbonyl (C=O) groups excluding carboxylic acids is 1. The molecule has 6 heteroatoms. The SMILES string of the molecule is COc1ccc([C@@H](OC(=O)c2ccc([N+](=O)[O-])cc2)c2ccccc2)cc1. The van der Waals surface area contributed by atoms with Gasteiger partial charge in [-0.25, -0.2) is 4.79 Å². The van der Waals surface area contributed by atoms with Crippen LogP contribution in [0.25, 0.3) is 0 Å². The highest BCUT2D eigenvalue weighted by molar-refractivity contribution is 5.90. The van der Waals surface area contributed by atoms with Gasteiger partial charge in [-0.3, -0.25) is 10.1 Å². The van der Waals surface area contributed by atoms with E-state index in [0.29, 0.717) is 5.75 Å². The number of nitro groups is 1. The number of hydrogen-bond donors (Lipinski definition) is 0. The monoisotopic (exact) mass is 363 g/mol. The largest absolute Gasteiger partial charge is 0.497 e. The molecule has 0 radical (unpaired) electrons. The van der Waals surface area contributed by atoms with Gasteiger partial charge in [0, 0.05) is 12.1 Å². The number of methoxy groups -OCH3 is 1. The maximum absolute atomic E-state index is 12.6. The summed E-state index contributed by atoms with van der Waals surface area (Å²) >= 11 is 0. The number of non-ortho nitro benzene ring substituents is 1. The average Bonchev–Trinajstić information content (AvgIpc) is 2.72.